The molecule has 0 unspecified atom stereocenters. The lowest BCUT2D eigenvalue weighted by Gasteiger charge is -2.11. The summed E-state index contributed by atoms with van der Waals surface area (Å²) in [6.45, 7) is 1.94. The van der Waals surface area contributed by atoms with Crippen LogP contribution in [0.5, 0.6) is 0 Å². The Labute approximate surface area is 205 Å². The molecule has 0 spiro atoms. The van der Waals surface area contributed by atoms with Gasteiger partial charge in [-0.15, -0.1) is 0 Å². The van der Waals surface area contributed by atoms with Crippen molar-refractivity contribution >= 4 is 58.0 Å². The number of nitro groups is 1. The molecule has 0 radical (unpaired) electrons. The van der Waals surface area contributed by atoms with E-state index in [0.29, 0.717) is 11.4 Å². The van der Waals surface area contributed by atoms with Gasteiger partial charge in [0.15, 0.2) is 5.11 Å². The van der Waals surface area contributed by atoms with Gasteiger partial charge in [-0.05, 0) is 60.6 Å². The summed E-state index contributed by atoms with van der Waals surface area (Å²) < 4.78 is 4.77. The van der Waals surface area contributed by atoms with E-state index in [0.717, 1.165) is 17.2 Å². The normalized spacial score (nSPS) is 10.2. The fourth-order valence-corrected chi connectivity index (χ4v) is 3.32. The third-order valence-electron chi connectivity index (χ3n) is 4.52. The number of carbonyl (C=O) groups excluding carboxylic acids is 2. The summed E-state index contributed by atoms with van der Waals surface area (Å²) in [7, 11) is 0. The Balaban J connectivity index is 1.64. The van der Waals surface area contributed by atoms with Gasteiger partial charge in [0, 0.05) is 23.5 Å². The van der Waals surface area contributed by atoms with Crippen LogP contribution in [0.15, 0.2) is 66.7 Å². The highest BCUT2D eigenvalue weighted by Gasteiger charge is 2.16. The van der Waals surface area contributed by atoms with Gasteiger partial charge in [0.25, 0.3) is 11.6 Å². The Morgan fingerprint density at radius 2 is 1.53 bits per heavy atom. The van der Waals surface area contributed by atoms with E-state index in [-0.39, 0.29) is 28.0 Å². The van der Waals surface area contributed by atoms with Gasteiger partial charge in [-0.25, -0.2) is 4.79 Å². The fourth-order valence-electron chi connectivity index (χ4n) is 2.91. The second-order valence-corrected chi connectivity index (χ2v) is 7.65. The molecule has 34 heavy (non-hydrogen) atoms. The highest BCUT2D eigenvalue weighted by molar-refractivity contribution is 7.80. The second-order valence-electron chi connectivity index (χ2n) is 6.83. The summed E-state index contributed by atoms with van der Waals surface area (Å²) in [5.41, 5.74) is 2.78. The second kappa shape index (κ2) is 11.2. The number of non-ortho nitro benzene ring substituents is 1. The molecule has 3 aromatic carbocycles. The maximum Gasteiger partial charge on any atom is 0.413 e. The summed E-state index contributed by atoms with van der Waals surface area (Å²) in [6, 6.07) is 18.1. The summed E-state index contributed by atoms with van der Waals surface area (Å²) >= 11 is 11.1. The highest BCUT2D eigenvalue weighted by atomic mass is 35.5. The molecule has 0 bridgehead atoms. The number of benzene rings is 3. The van der Waals surface area contributed by atoms with Gasteiger partial charge >= 0.3 is 6.09 Å². The van der Waals surface area contributed by atoms with Gasteiger partial charge in [0.1, 0.15) is 0 Å². The number of nitro benzene ring substituents is 1. The molecule has 0 atom stereocenters. The predicted molar refractivity (Wildman–Crippen MR) is 134 cm³/mol. The first-order valence-corrected chi connectivity index (χ1v) is 10.8. The largest absolute Gasteiger partial charge is 0.450 e. The molecular weight excluding hydrogens is 480 g/mol. The van der Waals surface area contributed by atoms with Crippen LogP contribution in [-0.4, -0.2) is 28.6 Å². The number of hydrogen-bond acceptors (Lipinski definition) is 6. The third-order valence-corrected chi connectivity index (χ3v) is 5.05. The number of rotatable bonds is 6. The molecule has 9 nitrogen and oxygen atoms in total. The Morgan fingerprint density at radius 3 is 2.06 bits per heavy atom. The molecule has 0 heterocycles. The average Bonchev–Trinajstić information content (AvgIpc) is 2.80. The van der Waals surface area contributed by atoms with Crippen LogP contribution in [0.4, 0.5) is 21.9 Å². The summed E-state index contributed by atoms with van der Waals surface area (Å²) in [5, 5.41) is 19.2. The van der Waals surface area contributed by atoms with E-state index in [1.165, 1.54) is 12.1 Å². The average molecular weight is 499 g/mol. The van der Waals surface area contributed by atoms with Crippen LogP contribution < -0.4 is 16.0 Å². The molecule has 3 N–H and O–H groups in total. The Morgan fingerprint density at radius 1 is 0.971 bits per heavy atom. The van der Waals surface area contributed by atoms with Gasteiger partial charge in [-0.1, -0.05) is 35.9 Å². The van der Waals surface area contributed by atoms with E-state index in [1.54, 1.807) is 31.2 Å². The number of nitrogens with one attached hydrogen (secondary N) is 3. The SMILES string of the molecule is CCOC(=O)NC(=S)Nc1ccc(-c2ccc(NC(=O)c3cc([N+](=O)[O-])ccc3Cl)cc2)cc1. The maximum atomic E-state index is 12.5. The molecule has 2 amide bonds. The van der Waals surface area contributed by atoms with Crippen molar-refractivity contribution in [2.24, 2.45) is 0 Å². The van der Waals surface area contributed by atoms with Crippen molar-refractivity contribution in [3.05, 3.63) is 87.4 Å². The predicted octanol–water partition coefficient (Wildman–Crippen LogP) is 5.61. The maximum absolute atomic E-state index is 12.5. The van der Waals surface area contributed by atoms with Crippen LogP contribution in [0.3, 0.4) is 0 Å². The van der Waals surface area contributed by atoms with E-state index in [4.69, 9.17) is 28.6 Å². The Bertz CT molecular complexity index is 1230. The number of amides is 2. The lowest BCUT2D eigenvalue weighted by Crippen LogP contribution is -2.34. The molecule has 174 valence electrons. The summed E-state index contributed by atoms with van der Waals surface area (Å²) in [4.78, 5) is 34.3. The Hall–Kier alpha value is -4.02. The first kappa shape index (κ1) is 24.6. The molecule has 0 saturated heterocycles. The van der Waals surface area contributed by atoms with Crippen LogP contribution >= 0.6 is 23.8 Å². The lowest BCUT2D eigenvalue weighted by atomic mass is 10.0. The standard InChI is InChI=1S/C23H19ClN4O5S/c1-2-33-23(30)27-22(34)26-17-9-5-15(6-10-17)14-3-7-16(8-4-14)25-21(29)19-13-18(28(31)32)11-12-20(19)24/h3-13H,2H2,1H3,(H,25,29)(H2,26,27,30,34). The van der Waals surface area contributed by atoms with Crippen molar-refractivity contribution in [1.82, 2.24) is 5.32 Å². The minimum atomic E-state index is -0.628. The molecule has 0 aliphatic rings. The van der Waals surface area contributed by atoms with E-state index in [2.05, 4.69) is 16.0 Å². The molecule has 0 saturated carbocycles. The van der Waals surface area contributed by atoms with Gasteiger partial charge in [0.05, 0.1) is 22.1 Å². The van der Waals surface area contributed by atoms with Gasteiger partial charge in [0.2, 0.25) is 0 Å². The quantitative estimate of drug-likeness (QED) is 0.229. The molecule has 3 rings (SSSR count). The molecule has 3 aromatic rings. The number of ether oxygens (including phenoxy) is 1. The van der Waals surface area contributed by atoms with Crippen LogP contribution in [0, 0.1) is 10.1 Å². The molecule has 11 heteroatoms. The van der Waals surface area contributed by atoms with E-state index < -0.39 is 16.9 Å². The van der Waals surface area contributed by atoms with Crippen molar-refractivity contribution in [3.8, 4) is 11.1 Å². The third kappa shape index (κ3) is 6.50. The number of anilines is 2. The molecule has 0 aromatic heterocycles. The Kier molecular flexibility index (Phi) is 8.12. The van der Waals surface area contributed by atoms with E-state index in [1.807, 2.05) is 24.3 Å². The van der Waals surface area contributed by atoms with E-state index >= 15 is 0 Å². The molecule has 0 aliphatic carbocycles. The minimum Gasteiger partial charge on any atom is -0.450 e. The zero-order valence-electron chi connectivity index (χ0n) is 17.8. The zero-order chi connectivity index (χ0) is 24.7. The summed E-state index contributed by atoms with van der Waals surface area (Å²) in [6.07, 6.45) is -0.628. The van der Waals surface area contributed by atoms with Gasteiger partial charge < -0.3 is 15.4 Å². The molecule has 0 fully saturated rings. The van der Waals surface area contributed by atoms with Gasteiger partial charge in [-0.2, -0.15) is 0 Å². The lowest BCUT2D eigenvalue weighted by molar-refractivity contribution is -0.384. The van der Waals surface area contributed by atoms with Crippen LogP contribution in [0.1, 0.15) is 17.3 Å². The van der Waals surface area contributed by atoms with Crippen LogP contribution in [-0.2, 0) is 4.74 Å². The van der Waals surface area contributed by atoms with Crippen molar-refractivity contribution in [2.45, 2.75) is 6.92 Å². The summed E-state index contributed by atoms with van der Waals surface area (Å²) in [5.74, 6) is -0.552. The molecular formula is C23H19ClN4O5S. The topological polar surface area (TPSA) is 123 Å². The number of nitrogens with zero attached hydrogens (tertiary/aromatic N) is 1. The van der Waals surface area contributed by atoms with Crippen LogP contribution in [0.2, 0.25) is 5.02 Å². The number of carbonyl (C=O) groups is 2. The van der Waals surface area contributed by atoms with Crippen LogP contribution in [0.25, 0.3) is 11.1 Å². The number of hydrogen-bond donors (Lipinski definition) is 3. The first-order chi connectivity index (χ1) is 16.3. The van der Waals surface area contributed by atoms with Crippen molar-refractivity contribution in [1.29, 1.82) is 0 Å². The number of thiocarbonyl (C=S) groups is 1. The first-order valence-electron chi connectivity index (χ1n) is 9.97. The van der Waals surface area contributed by atoms with Crippen molar-refractivity contribution in [2.75, 3.05) is 17.2 Å². The fraction of sp³-hybridized carbons (Fsp3) is 0.0870. The smallest absolute Gasteiger partial charge is 0.413 e. The molecule has 0 aliphatic heterocycles. The van der Waals surface area contributed by atoms with Gasteiger partial charge in [-0.3, -0.25) is 20.2 Å². The minimum absolute atomic E-state index is 0.0124. The number of alkyl carbamates (subject to hydrolysis) is 1. The van der Waals surface area contributed by atoms with Crippen molar-refractivity contribution < 1.29 is 19.2 Å². The number of halogens is 1. The monoisotopic (exact) mass is 498 g/mol. The van der Waals surface area contributed by atoms with E-state index in [9.17, 15) is 19.7 Å². The zero-order valence-corrected chi connectivity index (χ0v) is 19.4. The highest BCUT2D eigenvalue weighted by Crippen LogP contribution is 2.25. The van der Waals surface area contributed by atoms with Crippen molar-refractivity contribution in [3.63, 3.8) is 0 Å².